The van der Waals surface area contributed by atoms with Crippen molar-refractivity contribution in [2.75, 3.05) is 18.4 Å². The molecule has 1 amide bonds. The van der Waals surface area contributed by atoms with Gasteiger partial charge in [-0.05, 0) is 73.4 Å². The lowest BCUT2D eigenvalue weighted by atomic mass is 9.95. The highest BCUT2D eigenvalue weighted by molar-refractivity contribution is 9.10. The van der Waals surface area contributed by atoms with Gasteiger partial charge in [0.2, 0.25) is 15.9 Å². The van der Waals surface area contributed by atoms with E-state index in [1.165, 1.54) is 16.4 Å². The lowest BCUT2D eigenvalue weighted by Gasteiger charge is -2.26. The smallest absolute Gasteiger partial charge is 0.243 e. The molecule has 2 atom stereocenters. The molecule has 0 radical (unpaired) electrons. The van der Waals surface area contributed by atoms with E-state index in [1.807, 2.05) is 24.3 Å². The summed E-state index contributed by atoms with van der Waals surface area (Å²) >= 11 is 15.8. The molecular weight excluding hydrogens is 611 g/mol. The van der Waals surface area contributed by atoms with E-state index in [0.29, 0.717) is 41.1 Å². The molecule has 200 valence electrons. The van der Waals surface area contributed by atoms with Crippen LogP contribution in [0.2, 0.25) is 10.0 Å². The number of halogens is 3. The van der Waals surface area contributed by atoms with Gasteiger partial charge in [0.25, 0.3) is 0 Å². The van der Waals surface area contributed by atoms with Crippen LogP contribution in [-0.4, -0.2) is 31.7 Å². The Morgan fingerprint density at radius 2 is 1.74 bits per heavy atom. The number of hydrogen-bond acceptors (Lipinski definition) is 4. The zero-order valence-corrected chi connectivity index (χ0v) is 24.6. The maximum atomic E-state index is 13.4. The highest BCUT2D eigenvalue weighted by Gasteiger charge is 2.55. The van der Waals surface area contributed by atoms with E-state index < -0.39 is 10.0 Å². The van der Waals surface area contributed by atoms with Gasteiger partial charge in [0, 0.05) is 38.9 Å². The fourth-order valence-electron chi connectivity index (χ4n) is 4.95. The Bertz CT molecular complexity index is 1470. The van der Waals surface area contributed by atoms with Gasteiger partial charge >= 0.3 is 0 Å². The van der Waals surface area contributed by atoms with Crippen LogP contribution >= 0.6 is 39.1 Å². The average molecular weight is 638 g/mol. The van der Waals surface area contributed by atoms with Crippen LogP contribution in [0.25, 0.3) is 0 Å². The lowest BCUT2D eigenvalue weighted by molar-refractivity contribution is -0.117. The third kappa shape index (κ3) is 5.75. The van der Waals surface area contributed by atoms with E-state index in [4.69, 9.17) is 27.9 Å². The number of nitrogens with one attached hydrogen (secondary N) is 1. The average Bonchev–Trinajstić information content (AvgIpc) is 3.58. The van der Waals surface area contributed by atoms with Crippen molar-refractivity contribution in [1.82, 2.24) is 4.31 Å². The summed E-state index contributed by atoms with van der Waals surface area (Å²) in [7, 11) is -3.72. The Morgan fingerprint density at radius 3 is 2.42 bits per heavy atom. The third-order valence-corrected chi connectivity index (χ3v) is 10.1. The molecule has 38 heavy (non-hydrogen) atoms. The number of carbonyl (C=O) groups excluding carboxylic acids is 1. The first-order valence-electron chi connectivity index (χ1n) is 12.4. The predicted molar refractivity (Wildman–Crippen MR) is 154 cm³/mol. The molecule has 5 rings (SSSR count). The molecule has 6 nitrogen and oxygen atoms in total. The minimum Gasteiger partial charge on any atom is -0.455 e. The second-order valence-corrected chi connectivity index (χ2v) is 13.7. The van der Waals surface area contributed by atoms with Crippen LogP contribution in [0.5, 0.6) is 11.5 Å². The SMILES string of the molecule is CC1(c2cccc(Br)c2)CC1C(=O)Nc1cc(S(=O)(=O)N2CCCCC2)ccc1Oc1cc(Cl)cc(Cl)c1. The molecule has 1 heterocycles. The van der Waals surface area contributed by atoms with Crippen LogP contribution < -0.4 is 10.1 Å². The van der Waals surface area contributed by atoms with Gasteiger partial charge in [0.05, 0.1) is 10.6 Å². The summed E-state index contributed by atoms with van der Waals surface area (Å²) in [5.74, 6) is 0.190. The standard InChI is InChI=1S/C28H27BrCl2N2O4S/c1-28(18-6-5-7-19(29)12-18)17-24(28)27(34)32-25-16-23(38(35,36)33-10-3-2-4-11-33)8-9-26(25)37-22-14-20(30)13-21(31)15-22/h5-9,12-16,24H,2-4,10-11,17H2,1H3,(H,32,34). The first-order chi connectivity index (χ1) is 18.1. The van der Waals surface area contributed by atoms with E-state index in [2.05, 4.69) is 28.2 Å². The minimum absolute atomic E-state index is 0.108. The molecule has 2 aliphatic rings. The van der Waals surface area contributed by atoms with Crippen molar-refractivity contribution in [2.45, 2.75) is 42.9 Å². The number of anilines is 1. The maximum absolute atomic E-state index is 13.4. The molecule has 0 spiro atoms. The van der Waals surface area contributed by atoms with Crippen molar-refractivity contribution in [3.8, 4) is 11.5 Å². The second-order valence-electron chi connectivity index (χ2n) is 10.0. The van der Waals surface area contributed by atoms with Crippen LogP contribution in [0.3, 0.4) is 0 Å². The van der Waals surface area contributed by atoms with Gasteiger partial charge in [0.15, 0.2) is 5.75 Å². The molecule has 3 aromatic rings. The maximum Gasteiger partial charge on any atom is 0.243 e. The van der Waals surface area contributed by atoms with Gasteiger partial charge in [-0.15, -0.1) is 0 Å². The summed E-state index contributed by atoms with van der Waals surface area (Å²) in [6.45, 7) is 3.02. The number of ether oxygens (including phenoxy) is 1. The summed E-state index contributed by atoms with van der Waals surface area (Å²) in [5, 5.41) is 3.74. The molecule has 1 aliphatic carbocycles. The van der Waals surface area contributed by atoms with E-state index in [9.17, 15) is 13.2 Å². The Hall–Kier alpha value is -2.10. The monoisotopic (exact) mass is 636 g/mol. The number of nitrogens with zero attached hydrogens (tertiary/aromatic N) is 1. The van der Waals surface area contributed by atoms with Gasteiger partial charge < -0.3 is 10.1 Å². The predicted octanol–water partition coefficient (Wildman–Crippen LogP) is 7.64. The van der Waals surface area contributed by atoms with E-state index in [-0.39, 0.29) is 27.8 Å². The van der Waals surface area contributed by atoms with E-state index in [0.717, 1.165) is 29.3 Å². The summed E-state index contributed by atoms with van der Waals surface area (Å²) in [6.07, 6.45) is 3.35. The normalized spacial score (nSPS) is 21.6. The van der Waals surface area contributed by atoms with Crippen molar-refractivity contribution >= 4 is 60.7 Å². The zero-order valence-electron chi connectivity index (χ0n) is 20.7. The molecule has 0 aromatic heterocycles. The number of carbonyl (C=O) groups is 1. The van der Waals surface area contributed by atoms with Crippen LogP contribution in [0.15, 0.2) is 70.0 Å². The Morgan fingerprint density at radius 1 is 1.03 bits per heavy atom. The summed E-state index contributed by atoms with van der Waals surface area (Å²) in [5.41, 5.74) is 1.03. The first-order valence-corrected chi connectivity index (χ1v) is 15.4. The highest BCUT2D eigenvalue weighted by atomic mass is 79.9. The quantitative estimate of drug-likeness (QED) is 0.289. The molecule has 1 saturated heterocycles. The van der Waals surface area contributed by atoms with Crippen LogP contribution in [-0.2, 0) is 20.2 Å². The van der Waals surface area contributed by atoms with Crippen LogP contribution in [0, 0.1) is 5.92 Å². The van der Waals surface area contributed by atoms with Crippen molar-refractivity contribution in [2.24, 2.45) is 5.92 Å². The molecule has 2 fully saturated rings. The lowest BCUT2D eigenvalue weighted by Crippen LogP contribution is -2.35. The highest BCUT2D eigenvalue weighted by Crippen LogP contribution is 2.55. The van der Waals surface area contributed by atoms with Gasteiger partial charge in [0.1, 0.15) is 5.75 Å². The number of piperidine rings is 1. The third-order valence-electron chi connectivity index (χ3n) is 7.26. The Kier molecular flexibility index (Phi) is 7.82. The molecular formula is C28H27BrCl2N2O4S. The minimum atomic E-state index is -3.72. The zero-order chi connectivity index (χ0) is 27.1. The first kappa shape index (κ1) is 27.5. The number of sulfonamides is 1. The van der Waals surface area contributed by atoms with Gasteiger partial charge in [-0.3, -0.25) is 4.79 Å². The van der Waals surface area contributed by atoms with E-state index in [1.54, 1.807) is 24.3 Å². The Labute approximate surface area is 241 Å². The second kappa shape index (κ2) is 10.8. The fraction of sp³-hybridized carbons (Fsp3) is 0.321. The van der Waals surface area contributed by atoms with Crippen LogP contribution in [0.4, 0.5) is 5.69 Å². The molecule has 3 aromatic carbocycles. The van der Waals surface area contributed by atoms with Crippen molar-refractivity contribution in [1.29, 1.82) is 0 Å². The summed E-state index contributed by atoms with van der Waals surface area (Å²) in [4.78, 5) is 13.6. The van der Waals surface area contributed by atoms with Gasteiger partial charge in [-0.1, -0.05) is 64.6 Å². The number of hydrogen-bond donors (Lipinski definition) is 1. The van der Waals surface area contributed by atoms with Crippen molar-refractivity contribution < 1.29 is 17.9 Å². The molecule has 10 heteroatoms. The van der Waals surface area contributed by atoms with Gasteiger partial charge in [-0.25, -0.2) is 8.42 Å². The van der Waals surface area contributed by atoms with Crippen LogP contribution in [0.1, 0.15) is 38.2 Å². The summed E-state index contributed by atoms with van der Waals surface area (Å²) < 4.78 is 35.3. The number of rotatable bonds is 7. The number of amides is 1. The van der Waals surface area contributed by atoms with Crippen molar-refractivity contribution in [3.05, 3.63) is 80.7 Å². The number of benzene rings is 3. The molecule has 1 saturated carbocycles. The molecule has 1 N–H and O–H groups in total. The fourth-order valence-corrected chi connectivity index (χ4v) is 7.40. The van der Waals surface area contributed by atoms with Crippen molar-refractivity contribution in [3.63, 3.8) is 0 Å². The molecule has 1 aliphatic heterocycles. The van der Waals surface area contributed by atoms with E-state index >= 15 is 0 Å². The van der Waals surface area contributed by atoms with Gasteiger partial charge in [-0.2, -0.15) is 4.31 Å². The molecule has 2 unspecified atom stereocenters. The molecule has 0 bridgehead atoms. The Balaban J connectivity index is 1.46. The summed E-state index contributed by atoms with van der Waals surface area (Å²) in [6, 6.07) is 17.3. The topological polar surface area (TPSA) is 75.7 Å². The largest absolute Gasteiger partial charge is 0.455 e.